The van der Waals surface area contributed by atoms with Crippen molar-refractivity contribution in [1.29, 1.82) is 0 Å². The molecule has 4 rings (SSSR count). The summed E-state index contributed by atoms with van der Waals surface area (Å²) in [5, 5.41) is 3.51. The number of carbonyl (C=O) groups excluding carboxylic acids is 2. The molecule has 0 fully saturated rings. The van der Waals surface area contributed by atoms with Crippen LogP contribution in [-0.4, -0.2) is 44.8 Å². The van der Waals surface area contributed by atoms with Crippen molar-refractivity contribution in [2.24, 2.45) is 0 Å². The van der Waals surface area contributed by atoms with Gasteiger partial charge in [0.1, 0.15) is 12.6 Å². The highest BCUT2D eigenvalue weighted by molar-refractivity contribution is 7.92. The smallest absolute Gasteiger partial charge is 0.264 e. The van der Waals surface area contributed by atoms with Crippen LogP contribution in [0, 0.1) is 0 Å². The van der Waals surface area contributed by atoms with Crippen molar-refractivity contribution in [3.63, 3.8) is 0 Å². The maximum absolute atomic E-state index is 14.3. The summed E-state index contributed by atoms with van der Waals surface area (Å²) in [5.41, 5.74) is 1.23. The number of hydrogen-bond donors (Lipinski definition) is 1. The van der Waals surface area contributed by atoms with Gasteiger partial charge in [-0.2, -0.15) is 0 Å². The van der Waals surface area contributed by atoms with Gasteiger partial charge in [0.15, 0.2) is 0 Å². The molecule has 43 heavy (non-hydrogen) atoms. The lowest BCUT2D eigenvalue weighted by Crippen LogP contribution is -2.53. The molecule has 0 aliphatic carbocycles. The predicted octanol–water partition coefficient (Wildman–Crippen LogP) is 6.88. The van der Waals surface area contributed by atoms with Gasteiger partial charge in [0.05, 0.1) is 15.6 Å². The quantitative estimate of drug-likeness (QED) is 0.187. The zero-order valence-electron chi connectivity index (χ0n) is 22.9. The van der Waals surface area contributed by atoms with E-state index in [1.807, 2.05) is 30.3 Å². The fourth-order valence-electron chi connectivity index (χ4n) is 4.49. The Morgan fingerprint density at radius 2 is 1.40 bits per heavy atom. The van der Waals surface area contributed by atoms with Gasteiger partial charge in [-0.3, -0.25) is 13.9 Å². The van der Waals surface area contributed by atoms with E-state index in [9.17, 15) is 18.0 Å². The summed E-state index contributed by atoms with van der Waals surface area (Å²) in [6, 6.07) is 25.0. The molecule has 1 N–H and O–H groups in total. The number of carbonyl (C=O) groups is 2. The molecule has 0 bridgehead atoms. The SMILES string of the molecule is CNC(=O)C(Cc1ccccc1)N(Cc1c(Cl)cccc1Cl)C(=O)CN(c1ccc(Cl)cc1Cl)S(=O)(=O)c1ccccc1. The van der Waals surface area contributed by atoms with Crippen molar-refractivity contribution in [2.45, 2.75) is 23.9 Å². The van der Waals surface area contributed by atoms with E-state index < -0.39 is 34.4 Å². The van der Waals surface area contributed by atoms with Crippen molar-refractivity contribution < 1.29 is 18.0 Å². The molecule has 7 nitrogen and oxygen atoms in total. The molecule has 0 saturated heterocycles. The standard InChI is InChI=1S/C31H27Cl4N3O4S/c1-36-31(40)29(17-21-9-4-2-5-10-21)37(19-24-25(33)13-8-14-26(24)34)30(39)20-38(28-16-15-22(32)18-27(28)35)43(41,42)23-11-6-3-7-12-23/h2-16,18,29H,17,19-20H2,1H3,(H,36,40). The first-order chi connectivity index (χ1) is 20.5. The largest absolute Gasteiger partial charge is 0.357 e. The summed E-state index contributed by atoms with van der Waals surface area (Å²) in [6.07, 6.45) is 0.140. The number of likely N-dealkylation sites (N-methyl/N-ethyl adjacent to an activating group) is 1. The van der Waals surface area contributed by atoms with Crippen LogP contribution in [0.2, 0.25) is 20.1 Å². The number of benzene rings is 4. The Morgan fingerprint density at radius 1 is 0.791 bits per heavy atom. The number of halogens is 4. The van der Waals surface area contributed by atoms with E-state index in [2.05, 4.69) is 5.32 Å². The van der Waals surface area contributed by atoms with Crippen LogP contribution >= 0.6 is 46.4 Å². The average Bonchev–Trinajstić information content (AvgIpc) is 2.99. The van der Waals surface area contributed by atoms with Crippen LogP contribution in [-0.2, 0) is 32.6 Å². The first-order valence-electron chi connectivity index (χ1n) is 13.0. The molecule has 224 valence electrons. The highest BCUT2D eigenvalue weighted by Crippen LogP contribution is 2.33. The fourth-order valence-corrected chi connectivity index (χ4v) is 7.02. The number of hydrogen-bond acceptors (Lipinski definition) is 4. The molecule has 0 aliphatic rings. The number of anilines is 1. The molecule has 0 aliphatic heterocycles. The summed E-state index contributed by atoms with van der Waals surface area (Å²) in [4.78, 5) is 28.9. The van der Waals surface area contributed by atoms with Crippen LogP contribution in [0.5, 0.6) is 0 Å². The minimum atomic E-state index is -4.31. The fraction of sp³-hybridized carbons (Fsp3) is 0.161. The Hall–Kier alpha value is -3.27. The molecule has 4 aromatic rings. The molecule has 4 aromatic carbocycles. The van der Waals surface area contributed by atoms with E-state index in [1.54, 1.807) is 36.4 Å². The second kappa shape index (κ2) is 14.5. The van der Waals surface area contributed by atoms with Crippen molar-refractivity contribution in [2.75, 3.05) is 17.9 Å². The topological polar surface area (TPSA) is 86.8 Å². The van der Waals surface area contributed by atoms with Crippen LogP contribution < -0.4 is 9.62 Å². The Balaban J connectivity index is 1.84. The summed E-state index contributed by atoms with van der Waals surface area (Å²) in [6.45, 7) is -0.862. The van der Waals surface area contributed by atoms with E-state index in [0.717, 1.165) is 9.87 Å². The Kier molecular flexibility index (Phi) is 11.0. The Morgan fingerprint density at radius 3 is 1.98 bits per heavy atom. The van der Waals surface area contributed by atoms with E-state index in [4.69, 9.17) is 46.4 Å². The predicted molar refractivity (Wildman–Crippen MR) is 172 cm³/mol. The highest BCUT2D eigenvalue weighted by Gasteiger charge is 2.35. The van der Waals surface area contributed by atoms with Crippen LogP contribution in [0.15, 0.2) is 102 Å². The zero-order chi connectivity index (χ0) is 31.1. The van der Waals surface area contributed by atoms with E-state index >= 15 is 0 Å². The molecule has 1 unspecified atom stereocenters. The minimum absolute atomic E-state index is 0.0210. The molecule has 0 heterocycles. The lowest BCUT2D eigenvalue weighted by atomic mass is 10.0. The summed E-state index contributed by atoms with van der Waals surface area (Å²) in [5.74, 6) is -1.14. The molecular weight excluding hydrogens is 652 g/mol. The van der Waals surface area contributed by atoms with Gasteiger partial charge in [-0.1, -0.05) is 101 Å². The molecule has 0 spiro atoms. The third-order valence-corrected chi connectivity index (χ3v) is 9.72. The number of amides is 2. The zero-order valence-corrected chi connectivity index (χ0v) is 26.7. The van der Waals surface area contributed by atoms with Gasteiger partial charge in [0.25, 0.3) is 10.0 Å². The van der Waals surface area contributed by atoms with Crippen molar-refractivity contribution in [3.8, 4) is 0 Å². The maximum atomic E-state index is 14.3. The second-order valence-electron chi connectivity index (χ2n) is 9.46. The normalized spacial score (nSPS) is 11.9. The van der Waals surface area contributed by atoms with E-state index in [0.29, 0.717) is 5.56 Å². The van der Waals surface area contributed by atoms with Gasteiger partial charge >= 0.3 is 0 Å². The number of nitrogens with one attached hydrogen (secondary N) is 1. The van der Waals surface area contributed by atoms with Gasteiger partial charge in [-0.25, -0.2) is 8.42 Å². The van der Waals surface area contributed by atoms with Gasteiger partial charge < -0.3 is 10.2 Å². The molecule has 0 aromatic heterocycles. The third-order valence-electron chi connectivity index (χ3n) is 6.70. The van der Waals surface area contributed by atoms with E-state index in [1.165, 1.54) is 42.3 Å². The van der Waals surface area contributed by atoms with Crippen molar-refractivity contribution in [3.05, 3.63) is 128 Å². The Labute approximate surface area is 271 Å². The Bertz CT molecular complexity index is 1690. The van der Waals surface area contributed by atoms with Gasteiger partial charge in [-0.15, -0.1) is 0 Å². The molecule has 12 heteroatoms. The van der Waals surface area contributed by atoms with Crippen LogP contribution in [0.1, 0.15) is 11.1 Å². The minimum Gasteiger partial charge on any atom is -0.357 e. The first-order valence-corrected chi connectivity index (χ1v) is 16.0. The third kappa shape index (κ3) is 7.82. The lowest BCUT2D eigenvalue weighted by Gasteiger charge is -2.34. The maximum Gasteiger partial charge on any atom is 0.264 e. The van der Waals surface area contributed by atoms with Crippen LogP contribution in [0.4, 0.5) is 5.69 Å². The van der Waals surface area contributed by atoms with Gasteiger partial charge in [-0.05, 0) is 48.0 Å². The molecule has 2 amide bonds. The van der Waals surface area contributed by atoms with Crippen LogP contribution in [0.25, 0.3) is 0 Å². The number of sulfonamides is 1. The summed E-state index contributed by atoms with van der Waals surface area (Å²) < 4.78 is 28.9. The lowest BCUT2D eigenvalue weighted by molar-refractivity contribution is -0.139. The summed E-state index contributed by atoms with van der Waals surface area (Å²) >= 11 is 25.6. The van der Waals surface area contributed by atoms with Crippen LogP contribution in [0.3, 0.4) is 0 Å². The molecule has 0 saturated carbocycles. The second-order valence-corrected chi connectivity index (χ2v) is 13.0. The number of nitrogens with zero attached hydrogens (tertiary/aromatic N) is 2. The molecule has 1 atom stereocenters. The number of rotatable bonds is 11. The molecule has 0 radical (unpaired) electrons. The van der Waals surface area contributed by atoms with E-state index in [-0.39, 0.29) is 43.6 Å². The monoisotopic (exact) mass is 677 g/mol. The van der Waals surface area contributed by atoms with Crippen molar-refractivity contribution in [1.82, 2.24) is 10.2 Å². The van der Waals surface area contributed by atoms with Gasteiger partial charge in [0, 0.05) is 40.6 Å². The summed E-state index contributed by atoms with van der Waals surface area (Å²) in [7, 11) is -2.85. The average molecular weight is 679 g/mol. The first kappa shape index (κ1) is 32.6. The van der Waals surface area contributed by atoms with Gasteiger partial charge in [0.2, 0.25) is 11.8 Å². The molecular formula is C31H27Cl4N3O4S. The van der Waals surface area contributed by atoms with Crippen molar-refractivity contribution >= 4 is 73.9 Å². The highest BCUT2D eigenvalue weighted by atomic mass is 35.5.